The standard InChI is InChI=1S/C28H32N2O2/c1-20-6-5-7-26(16-20)30(19-21-8-13-25(14-9-21)29(2)3)28(31)23-11-10-22-12-15-27(32-4)18-24(22)17-23/h5-9,12-16,18,23H,10-11,17,19H2,1-4H3. The fourth-order valence-electron chi connectivity index (χ4n) is 4.47. The van der Waals surface area contributed by atoms with E-state index in [0.29, 0.717) is 6.54 Å². The van der Waals surface area contributed by atoms with E-state index in [1.165, 1.54) is 11.1 Å². The van der Waals surface area contributed by atoms with Crippen LogP contribution in [0.15, 0.2) is 66.7 Å². The number of amides is 1. The van der Waals surface area contributed by atoms with Crippen LogP contribution in [-0.4, -0.2) is 27.1 Å². The van der Waals surface area contributed by atoms with Crippen LogP contribution in [0.2, 0.25) is 0 Å². The molecule has 4 nitrogen and oxygen atoms in total. The third kappa shape index (κ3) is 4.80. The van der Waals surface area contributed by atoms with Crippen LogP contribution in [0.25, 0.3) is 0 Å². The highest BCUT2D eigenvalue weighted by molar-refractivity contribution is 5.95. The minimum atomic E-state index is -0.0313. The van der Waals surface area contributed by atoms with Gasteiger partial charge in [0.2, 0.25) is 5.91 Å². The van der Waals surface area contributed by atoms with Crippen molar-refractivity contribution in [1.82, 2.24) is 0 Å². The zero-order chi connectivity index (χ0) is 22.7. The summed E-state index contributed by atoms with van der Waals surface area (Å²) in [6, 6.07) is 22.9. The van der Waals surface area contributed by atoms with E-state index in [-0.39, 0.29) is 11.8 Å². The van der Waals surface area contributed by atoms with Gasteiger partial charge in [0, 0.05) is 31.4 Å². The first kappa shape index (κ1) is 21.9. The number of hydrogen-bond donors (Lipinski definition) is 0. The minimum Gasteiger partial charge on any atom is -0.497 e. The van der Waals surface area contributed by atoms with Crippen molar-refractivity contribution < 1.29 is 9.53 Å². The number of aryl methyl sites for hydroxylation is 2. The predicted molar refractivity (Wildman–Crippen MR) is 132 cm³/mol. The van der Waals surface area contributed by atoms with Gasteiger partial charge in [-0.05, 0) is 84.8 Å². The molecular weight excluding hydrogens is 396 g/mol. The maximum absolute atomic E-state index is 13.8. The number of rotatable bonds is 6. The summed E-state index contributed by atoms with van der Waals surface area (Å²) in [5.41, 5.74) is 6.96. The van der Waals surface area contributed by atoms with Crippen LogP contribution in [0, 0.1) is 12.8 Å². The molecular formula is C28H32N2O2. The van der Waals surface area contributed by atoms with Crippen molar-refractivity contribution in [2.45, 2.75) is 32.7 Å². The number of ether oxygens (including phenoxy) is 1. The van der Waals surface area contributed by atoms with E-state index in [9.17, 15) is 4.79 Å². The molecule has 166 valence electrons. The summed E-state index contributed by atoms with van der Waals surface area (Å²) in [6.45, 7) is 2.64. The molecule has 0 heterocycles. The molecule has 4 heteroatoms. The molecule has 0 bridgehead atoms. The zero-order valence-electron chi connectivity index (χ0n) is 19.5. The van der Waals surface area contributed by atoms with Gasteiger partial charge in [0.15, 0.2) is 0 Å². The number of nitrogens with zero attached hydrogens (tertiary/aromatic N) is 2. The predicted octanol–water partition coefficient (Wildman–Crippen LogP) is 5.41. The van der Waals surface area contributed by atoms with Crippen LogP contribution >= 0.6 is 0 Å². The molecule has 32 heavy (non-hydrogen) atoms. The van der Waals surface area contributed by atoms with Crippen LogP contribution in [0.4, 0.5) is 11.4 Å². The summed E-state index contributed by atoms with van der Waals surface area (Å²) in [6.07, 6.45) is 2.56. The number of carbonyl (C=O) groups is 1. The summed E-state index contributed by atoms with van der Waals surface area (Å²) >= 11 is 0. The second-order valence-electron chi connectivity index (χ2n) is 8.90. The normalized spacial score (nSPS) is 15.1. The Morgan fingerprint density at radius 1 is 0.969 bits per heavy atom. The van der Waals surface area contributed by atoms with Gasteiger partial charge in [0.25, 0.3) is 0 Å². The number of fused-ring (bicyclic) bond motifs is 1. The fourth-order valence-corrected chi connectivity index (χ4v) is 4.47. The zero-order valence-corrected chi connectivity index (χ0v) is 19.5. The lowest BCUT2D eigenvalue weighted by molar-refractivity contribution is -0.122. The minimum absolute atomic E-state index is 0.0313. The van der Waals surface area contributed by atoms with Gasteiger partial charge in [-0.2, -0.15) is 0 Å². The molecule has 0 aliphatic heterocycles. The molecule has 4 rings (SSSR count). The first-order chi connectivity index (χ1) is 15.4. The summed E-state index contributed by atoms with van der Waals surface area (Å²) in [5.74, 6) is 1.02. The molecule has 3 aromatic rings. The Morgan fingerprint density at radius 2 is 1.75 bits per heavy atom. The van der Waals surface area contributed by atoms with Crippen molar-refractivity contribution in [3.05, 3.63) is 89.0 Å². The molecule has 0 N–H and O–H groups in total. The Hall–Kier alpha value is -3.27. The highest BCUT2D eigenvalue weighted by atomic mass is 16.5. The van der Waals surface area contributed by atoms with Crippen molar-refractivity contribution in [2.75, 3.05) is 31.0 Å². The van der Waals surface area contributed by atoms with Crippen molar-refractivity contribution >= 4 is 17.3 Å². The largest absolute Gasteiger partial charge is 0.497 e. The van der Waals surface area contributed by atoms with Crippen LogP contribution in [0.5, 0.6) is 5.75 Å². The lowest BCUT2D eigenvalue weighted by Gasteiger charge is -2.31. The average molecular weight is 429 g/mol. The van der Waals surface area contributed by atoms with Crippen molar-refractivity contribution in [3.63, 3.8) is 0 Å². The van der Waals surface area contributed by atoms with E-state index >= 15 is 0 Å². The Bertz CT molecular complexity index is 1090. The summed E-state index contributed by atoms with van der Waals surface area (Å²) in [7, 11) is 5.76. The lowest BCUT2D eigenvalue weighted by atomic mass is 9.83. The van der Waals surface area contributed by atoms with Crippen molar-refractivity contribution in [3.8, 4) is 5.75 Å². The van der Waals surface area contributed by atoms with E-state index < -0.39 is 0 Å². The van der Waals surface area contributed by atoms with Crippen LogP contribution in [0.1, 0.15) is 28.7 Å². The fraction of sp³-hybridized carbons (Fsp3) is 0.321. The molecule has 1 unspecified atom stereocenters. The van der Waals surface area contributed by atoms with Gasteiger partial charge < -0.3 is 14.5 Å². The lowest BCUT2D eigenvalue weighted by Crippen LogP contribution is -2.38. The van der Waals surface area contributed by atoms with E-state index in [0.717, 1.165) is 47.5 Å². The number of methoxy groups -OCH3 is 1. The van der Waals surface area contributed by atoms with E-state index in [1.54, 1.807) is 7.11 Å². The van der Waals surface area contributed by atoms with Crippen LogP contribution in [0.3, 0.4) is 0 Å². The molecule has 0 saturated heterocycles. The second kappa shape index (κ2) is 9.47. The van der Waals surface area contributed by atoms with Gasteiger partial charge in [-0.3, -0.25) is 4.79 Å². The third-order valence-corrected chi connectivity index (χ3v) is 6.36. The average Bonchev–Trinajstić information content (AvgIpc) is 2.81. The molecule has 1 aliphatic carbocycles. The third-order valence-electron chi connectivity index (χ3n) is 6.36. The first-order valence-electron chi connectivity index (χ1n) is 11.2. The van der Waals surface area contributed by atoms with Gasteiger partial charge in [0.05, 0.1) is 13.7 Å². The Balaban J connectivity index is 1.61. The van der Waals surface area contributed by atoms with Gasteiger partial charge in [-0.25, -0.2) is 0 Å². The Kier molecular flexibility index (Phi) is 6.50. The van der Waals surface area contributed by atoms with Gasteiger partial charge >= 0.3 is 0 Å². The molecule has 1 atom stereocenters. The molecule has 0 spiro atoms. The number of anilines is 2. The second-order valence-corrected chi connectivity index (χ2v) is 8.90. The quantitative estimate of drug-likeness (QED) is 0.526. The number of hydrogen-bond acceptors (Lipinski definition) is 3. The van der Waals surface area contributed by atoms with Crippen molar-refractivity contribution in [2.24, 2.45) is 5.92 Å². The molecule has 1 aliphatic rings. The highest BCUT2D eigenvalue weighted by Gasteiger charge is 2.29. The van der Waals surface area contributed by atoms with Crippen LogP contribution in [-0.2, 0) is 24.2 Å². The van der Waals surface area contributed by atoms with E-state index in [2.05, 4.69) is 60.4 Å². The van der Waals surface area contributed by atoms with Crippen molar-refractivity contribution in [1.29, 1.82) is 0 Å². The van der Waals surface area contributed by atoms with Crippen LogP contribution < -0.4 is 14.5 Å². The molecule has 0 radical (unpaired) electrons. The maximum Gasteiger partial charge on any atom is 0.230 e. The topological polar surface area (TPSA) is 32.8 Å². The smallest absolute Gasteiger partial charge is 0.230 e. The first-order valence-corrected chi connectivity index (χ1v) is 11.2. The monoisotopic (exact) mass is 428 g/mol. The van der Waals surface area contributed by atoms with E-state index in [4.69, 9.17) is 4.74 Å². The molecule has 0 fully saturated rings. The summed E-state index contributed by atoms with van der Waals surface area (Å²) < 4.78 is 5.41. The van der Waals surface area contributed by atoms with Gasteiger partial charge in [-0.1, -0.05) is 30.3 Å². The van der Waals surface area contributed by atoms with E-state index in [1.807, 2.05) is 37.2 Å². The summed E-state index contributed by atoms with van der Waals surface area (Å²) in [4.78, 5) is 17.9. The molecule has 1 amide bonds. The van der Waals surface area contributed by atoms with Gasteiger partial charge in [-0.15, -0.1) is 0 Å². The molecule has 3 aromatic carbocycles. The number of carbonyl (C=O) groups excluding carboxylic acids is 1. The Labute approximate surface area is 191 Å². The maximum atomic E-state index is 13.8. The SMILES string of the molecule is COc1ccc2c(c1)CC(C(=O)N(Cc1ccc(N(C)C)cc1)c1cccc(C)c1)CC2. The van der Waals surface area contributed by atoms with Gasteiger partial charge in [0.1, 0.15) is 5.75 Å². The highest BCUT2D eigenvalue weighted by Crippen LogP contribution is 2.31. The Morgan fingerprint density at radius 3 is 2.44 bits per heavy atom. The summed E-state index contributed by atoms with van der Waals surface area (Å²) in [5, 5.41) is 0. The number of benzene rings is 3. The molecule has 0 aromatic heterocycles. The molecule has 0 saturated carbocycles.